The third-order valence-corrected chi connectivity index (χ3v) is 0.368. The molecule has 13 heavy (non-hydrogen) atoms. The topological polar surface area (TPSA) is 110 Å². The lowest BCUT2D eigenvalue weighted by Crippen LogP contribution is -1.91. The molecule has 0 atom stereocenters. The first-order valence-corrected chi connectivity index (χ1v) is 1.77. The highest BCUT2D eigenvalue weighted by atomic mass is 35.5. The van der Waals surface area contributed by atoms with E-state index in [2.05, 4.69) is 0 Å². The Morgan fingerprint density at radius 3 is 1.00 bits per heavy atom. The summed E-state index contributed by atoms with van der Waals surface area (Å²) in [7, 11) is 0. The molecule has 5 nitrogen and oxygen atoms in total. The Hall–Kier alpha value is -0.200. The summed E-state index contributed by atoms with van der Waals surface area (Å²) in [6.07, 6.45) is 1.12. The molecule has 0 aromatic rings. The fraction of sp³-hybridized carbons (Fsp3) is 0. The summed E-state index contributed by atoms with van der Waals surface area (Å²) >= 11 is 0. The molecule has 0 aliphatic rings. The number of carboxylic acid groups (broad SMARTS) is 2. The van der Waals surface area contributed by atoms with Gasteiger partial charge in [-0.2, -0.15) is 0 Å². The molecule has 0 unspecified atom stereocenters. The van der Waals surface area contributed by atoms with Crippen LogP contribution in [0.2, 0.25) is 0 Å². The van der Waals surface area contributed by atoms with E-state index in [1.165, 1.54) is 0 Å². The Kier molecular flexibility index (Phi) is 67.1. The zero-order valence-corrected chi connectivity index (χ0v) is 9.47. The Bertz CT molecular complexity index is 135. The van der Waals surface area contributed by atoms with Crippen LogP contribution in [-0.2, 0) is 9.59 Å². The quantitative estimate of drug-likeness (QED) is 0.664. The lowest BCUT2D eigenvalue weighted by atomic mass is 10.5. The van der Waals surface area contributed by atoms with Crippen LogP contribution >= 0.6 is 49.6 Å². The predicted molar refractivity (Wildman–Crippen MR) is 58.4 cm³/mol. The number of carboxylic acids is 2. The second-order valence-electron chi connectivity index (χ2n) is 1.01. The molecule has 0 bridgehead atoms. The molecule has 5 N–H and O–H groups in total. The number of hydrogen-bond donors (Lipinski definition) is 3. The van der Waals surface area contributed by atoms with Crippen molar-refractivity contribution in [2.45, 2.75) is 0 Å². The van der Waals surface area contributed by atoms with Gasteiger partial charge < -0.3 is 16.4 Å². The molecule has 0 aliphatic carbocycles. The molecule has 0 rings (SSSR count). The van der Waals surface area contributed by atoms with Crippen LogP contribution in [0.5, 0.6) is 0 Å². The fourth-order valence-electron chi connectivity index (χ4n) is 0.143. The van der Waals surface area contributed by atoms with Crippen molar-refractivity contribution in [3.05, 3.63) is 12.2 Å². The Labute approximate surface area is 99.8 Å². The number of aliphatic carboxylic acids is 2. The Morgan fingerprint density at radius 2 is 0.923 bits per heavy atom. The monoisotopic (exact) mass is 277 g/mol. The molecule has 0 spiro atoms. The maximum absolute atomic E-state index is 9.55. The molecular formula is C4H11Cl4NO4. The van der Waals surface area contributed by atoms with Gasteiger partial charge in [0.2, 0.25) is 0 Å². The van der Waals surface area contributed by atoms with Crippen LogP contribution in [0, 0.1) is 0 Å². The molecule has 0 radical (unpaired) electrons. The second-order valence-corrected chi connectivity index (χ2v) is 1.01. The molecule has 0 fully saturated rings. The lowest BCUT2D eigenvalue weighted by Gasteiger charge is -1.74. The highest BCUT2D eigenvalue weighted by Gasteiger charge is 1.88. The summed E-state index contributed by atoms with van der Waals surface area (Å²) in [4.78, 5) is 19.1. The van der Waals surface area contributed by atoms with Gasteiger partial charge in [-0.15, -0.1) is 49.6 Å². The molecule has 0 aromatic heterocycles. The molecule has 0 aliphatic heterocycles. The lowest BCUT2D eigenvalue weighted by molar-refractivity contribution is -0.134. The van der Waals surface area contributed by atoms with Gasteiger partial charge in [-0.05, 0) is 0 Å². The van der Waals surface area contributed by atoms with E-state index in [0.29, 0.717) is 12.2 Å². The fourth-order valence-corrected chi connectivity index (χ4v) is 0.143. The normalized spacial score (nSPS) is 5.85. The maximum Gasteiger partial charge on any atom is 0.328 e. The van der Waals surface area contributed by atoms with E-state index in [9.17, 15) is 9.59 Å². The average molecular weight is 279 g/mol. The zero-order chi connectivity index (χ0) is 6.57. The van der Waals surface area contributed by atoms with Gasteiger partial charge in [0.15, 0.2) is 0 Å². The summed E-state index contributed by atoms with van der Waals surface area (Å²) in [5, 5.41) is 15.6. The van der Waals surface area contributed by atoms with Gasteiger partial charge in [0.05, 0.1) is 0 Å². The predicted octanol–water partition coefficient (Wildman–Crippen LogP) is 1.56. The van der Waals surface area contributed by atoms with Crippen LogP contribution < -0.4 is 6.15 Å². The standard InChI is InChI=1S/C4H4O4.4ClH.H3N/c5-3(6)1-2-4(7)8;;;;;/h1-2H,(H,5,6)(H,7,8);4*1H;1H3/b2-1-;;;;;. The summed E-state index contributed by atoms with van der Waals surface area (Å²) in [5.74, 6) is -2.51. The smallest absolute Gasteiger partial charge is 0.328 e. The first-order valence-electron chi connectivity index (χ1n) is 1.77. The molecule has 0 amide bonds. The van der Waals surface area contributed by atoms with Crippen LogP contribution in [0.25, 0.3) is 0 Å². The number of halogens is 4. The number of rotatable bonds is 2. The van der Waals surface area contributed by atoms with Gasteiger partial charge in [-0.25, -0.2) is 9.59 Å². The van der Waals surface area contributed by atoms with Crippen molar-refractivity contribution in [1.29, 1.82) is 0 Å². The molecule has 0 aromatic carbocycles. The molecular weight excluding hydrogens is 268 g/mol. The minimum absolute atomic E-state index is 0. The van der Waals surface area contributed by atoms with Crippen LogP contribution in [0.3, 0.4) is 0 Å². The van der Waals surface area contributed by atoms with Crippen LogP contribution in [0.4, 0.5) is 0 Å². The van der Waals surface area contributed by atoms with Crippen molar-refractivity contribution in [3.63, 3.8) is 0 Å². The van der Waals surface area contributed by atoms with E-state index in [1.807, 2.05) is 0 Å². The number of carbonyl (C=O) groups is 2. The summed E-state index contributed by atoms with van der Waals surface area (Å²) in [6.45, 7) is 0. The van der Waals surface area contributed by atoms with Crippen LogP contribution in [0.15, 0.2) is 12.2 Å². The second kappa shape index (κ2) is 22.6. The van der Waals surface area contributed by atoms with E-state index < -0.39 is 11.9 Å². The highest BCUT2D eigenvalue weighted by Crippen LogP contribution is 1.70. The van der Waals surface area contributed by atoms with Crippen molar-refractivity contribution in [2.75, 3.05) is 0 Å². The van der Waals surface area contributed by atoms with E-state index in [-0.39, 0.29) is 55.8 Å². The van der Waals surface area contributed by atoms with Crippen molar-refractivity contribution < 1.29 is 19.8 Å². The van der Waals surface area contributed by atoms with Crippen molar-refractivity contribution in [2.24, 2.45) is 0 Å². The summed E-state index contributed by atoms with van der Waals surface area (Å²) in [6, 6.07) is 0. The summed E-state index contributed by atoms with van der Waals surface area (Å²) < 4.78 is 0. The number of hydrogen-bond acceptors (Lipinski definition) is 3. The van der Waals surface area contributed by atoms with Crippen molar-refractivity contribution in [3.8, 4) is 0 Å². The minimum atomic E-state index is -1.26. The summed E-state index contributed by atoms with van der Waals surface area (Å²) in [5.41, 5.74) is 0. The van der Waals surface area contributed by atoms with E-state index >= 15 is 0 Å². The Morgan fingerprint density at radius 1 is 0.769 bits per heavy atom. The molecule has 0 saturated heterocycles. The highest BCUT2D eigenvalue weighted by molar-refractivity contribution is 5.89. The van der Waals surface area contributed by atoms with E-state index in [4.69, 9.17) is 10.2 Å². The van der Waals surface area contributed by atoms with Gasteiger partial charge in [-0.1, -0.05) is 0 Å². The van der Waals surface area contributed by atoms with Crippen molar-refractivity contribution >= 4 is 61.6 Å². The third-order valence-electron chi connectivity index (χ3n) is 0.368. The van der Waals surface area contributed by atoms with Crippen LogP contribution in [-0.4, -0.2) is 22.2 Å². The minimum Gasteiger partial charge on any atom is -0.478 e. The van der Waals surface area contributed by atoms with Crippen LogP contribution in [0.1, 0.15) is 0 Å². The maximum atomic E-state index is 9.55. The first kappa shape index (κ1) is 38.5. The first-order chi connectivity index (χ1) is 3.63. The molecule has 84 valence electrons. The molecule has 0 saturated carbocycles. The van der Waals surface area contributed by atoms with Crippen molar-refractivity contribution in [1.82, 2.24) is 6.15 Å². The Balaban J connectivity index is -0.0000000245. The van der Waals surface area contributed by atoms with Gasteiger partial charge in [0, 0.05) is 12.2 Å². The average Bonchev–Trinajstić information content (AvgIpc) is 1.61. The van der Waals surface area contributed by atoms with Gasteiger partial charge >= 0.3 is 11.9 Å². The van der Waals surface area contributed by atoms with Gasteiger partial charge in [0.25, 0.3) is 0 Å². The van der Waals surface area contributed by atoms with Gasteiger partial charge in [0.1, 0.15) is 0 Å². The van der Waals surface area contributed by atoms with Gasteiger partial charge in [-0.3, -0.25) is 0 Å². The SMILES string of the molecule is Cl.Cl.Cl.Cl.N.O=C(O)/C=C\C(=O)O. The largest absolute Gasteiger partial charge is 0.478 e. The molecule has 0 heterocycles. The van der Waals surface area contributed by atoms with E-state index in [1.54, 1.807) is 0 Å². The third kappa shape index (κ3) is 49.2. The molecule has 9 heteroatoms. The van der Waals surface area contributed by atoms with E-state index in [0.717, 1.165) is 0 Å². The zero-order valence-electron chi connectivity index (χ0n) is 6.21.